The van der Waals surface area contributed by atoms with Gasteiger partial charge < -0.3 is 14.0 Å². The van der Waals surface area contributed by atoms with Crippen LogP contribution >= 0.6 is 0 Å². The number of hydrogen-bond acceptors (Lipinski definition) is 4. The summed E-state index contributed by atoms with van der Waals surface area (Å²) >= 11 is 0. The van der Waals surface area contributed by atoms with E-state index in [1.165, 1.54) is 6.20 Å². The maximum atomic E-state index is 12.7. The van der Waals surface area contributed by atoms with Gasteiger partial charge in [-0.3, -0.25) is 0 Å². The maximum absolute atomic E-state index is 12.7. The summed E-state index contributed by atoms with van der Waals surface area (Å²) in [5.41, 5.74) is 2.46. The smallest absolute Gasteiger partial charge is 0.362 e. The first-order valence-corrected chi connectivity index (χ1v) is 8.03. The quantitative estimate of drug-likeness (QED) is 0.521. The topological polar surface area (TPSA) is 53.4 Å². The lowest BCUT2D eigenvalue weighted by Gasteiger charge is -2.17. The molecule has 5 heteroatoms. The molecular formula is C20H20N2O3. The van der Waals surface area contributed by atoms with E-state index in [0.717, 1.165) is 11.1 Å². The van der Waals surface area contributed by atoms with Gasteiger partial charge in [-0.05, 0) is 37.1 Å². The fraction of sp³-hybridized carbons (Fsp3) is 0.200. The van der Waals surface area contributed by atoms with E-state index in [2.05, 4.69) is 4.98 Å². The molecule has 128 valence electrons. The number of benzene rings is 2. The third kappa shape index (κ3) is 3.55. The monoisotopic (exact) mass is 336 g/mol. The van der Waals surface area contributed by atoms with Crippen LogP contribution in [0.2, 0.25) is 0 Å². The predicted octanol–water partition coefficient (Wildman–Crippen LogP) is 4.03. The van der Waals surface area contributed by atoms with E-state index in [-0.39, 0.29) is 6.04 Å². The van der Waals surface area contributed by atoms with Crippen molar-refractivity contribution in [1.29, 1.82) is 0 Å². The molecule has 5 nitrogen and oxygen atoms in total. The van der Waals surface area contributed by atoms with Crippen LogP contribution in [-0.4, -0.2) is 22.6 Å². The van der Waals surface area contributed by atoms with E-state index in [1.807, 2.05) is 50.2 Å². The standard InChI is InChI=1S/C20H20N2O3/c1-14-9-10-18(24-3)19(11-14)25-20(23)17-12-21-13-22(17)15(2)16-7-5-4-6-8-16/h4-13,15H,1-3H3. The Hall–Kier alpha value is -3.08. The summed E-state index contributed by atoms with van der Waals surface area (Å²) in [5.74, 6) is 0.443. The zero-order chi connectivity index (χ0) is 17.8. The molecule has 0 aliphatic carbocycles. The maximum Gasteiger partial charge on any atom is 0.362 e. The van der Waals surface area contributed by atoms with Gasteiger partial charge in [0.05, 0.1) is 25.7 Å². The molecule has 0 saturated carbocycles. The highest BCUT2D eigenvalue weighted by atomic mass is 16.6. The van der Waals surface area contributed by atoms with Crippen LogP contribution in [0.5, 0.6) is 11.5 Å². The first kappa shape index (κ1) is 16.8. The van der Waals surface area contributed by atoms with Crippen molar-refractivity contribution in [3.8, 4) is 11.5 Å². The van der Waals surface area contributed by atoms with Gasteiger partial charge in [0.25, 0.3) is 0 Å². The van der Waals surface area contributed by atoms with E-state index < -0.39 is 5.97 Å². The van der Waals surface area contributed by atoms with Crippen LogP contribution in [0, 0.1) is 6.92 Å². The van der Waals surface area contributed by atoms with Crippen LogP contribution in [-0.2, 0) is 0 Å². The first-order valence-electron chi connectivity index (χ1n) is 8.03. The number of imidazole rings is 1. The van der Waals surface area contributed by atoms with Crippen molar-refractivity contribution in [3.63, 3.8) is 0 Å². The molecule has 0 bridgehead atoms. The molecule has 1 unspecified atom stereocenters. The van der Waals surface area contributed by atoms with Crippen molar-refractivity contribution < 1.29 is 14.3 Å². The second kappa shape index (κ2) is 7.21. The molecule has 2 aromatic carbocycles. The fourth-order valence-electron chi connectivity index (χ4n) is 2.68. The number of hydrogen-bond donors (Lipinski definition) is 0. The number of aromatic nitrogens is 2. The minimum atomic E-state index is -0.468. The highest BCUT2D eigenvalue weighted by Crippen LogP contribution is 2.29. The fourth-order valence-corrected chi connectivity index (χ4v) is 2.68. The van der Waals surface area contributed by atoms with Crippen molar-refractivity contribution in [2.75, 3.05) is 7.11 Å². The number of nitrogens with zero attached hydrogens (tertiary/aromatic N) is 2. The van der Waals surface area contributed by atoms with Crippen molar-refractivity contribution in [2.45, 2.75) is 19.9 Å². The molecule has 0 N–H and O–H groups in total. The number of ether oxygens (including phenoxy) is 2. The second-order valence-corrected chi connectivity index (χ2v) is 5.82. The number of carbonyl (C=O) groups is 1. The molecular weight excluding hydrogens is 316 g/mol. The zero-order valence-corrected chi connectivity index (χ0v) is 14.5. The Morgan fingerprint density at radius 1 is 1.12 bits per heavy atom. The van der Waals surface area contributed by atoms with E-state index in [1.54, 1.807) is 30.1 Å². The minimum absolute atomic E-state index is 0.0364. The summed E-state index contributed by atoms with van der Waals surface area (Å²) in [6.45, 7) is 3.94. The minimum Gasteiger partial charge on any atom is -0.493 e. The van der Waals surface area contributed by atoms with Gasteiger partial charge in [-0.15, -0.1) is 0 Å². The Morgan fingerprint density at radius 2 is 1.88 bits per heavy atom. The average molecular weight is 336 g/mol. The van der Waals surface area contributed by atoms with Gasteiger partial charge >= 0.3 is 5.97 Å². The Labute approximate surface area is 146 Å². The van der Waals surface area contributed by atoms with Crippen LogP contribution in [0.4, 0.5) is 0 Å². The molecule has 0 radical (unpaired) electrons. The molecule has 3 aromatic rings. The molecule has 0 aliphatic rings. The SMILES string of the molecule is COc1ccc(C)cc1OC(=O)c1cncn1C(C)c1ccccc1. The summed E-state index contributed by atoms with van der Waals surface area (Å²) < 4.78 is 12.6. The number of rotatable bonds is 5. The van der Waals surface area contributed by atoms with Gasteiger partial charge in [0, 0.05) is 0 Å². The Morgan fingerprint density at radius 3 is 2.60 bits per heavy atom. The van der Waals surface area contributed by atoms with E-state index in [0.29, 0.717) is 17.2 Å². The highest BCUT2D eigenvalue weighted by molar-refractivity contribution is 5.89. The Balaban J connectivity index is 1.88. The normalized spacial score (nSPS) is 11.8. The van der Waals surface area contributed by atoms with E-state index in [9.17, 15) is 4.79 Å². The summed E-state index contributed by atoms with van der Waals surface area (Å²) in [6.07, 6.45) is 3.16. The van der Waals surface area contributed by atoms with Crippen molar-refractivity contribution >= 4 is 5.97 Å². The second-order valence-electron chi connectivity index (χ2n) is 5.82. The Bertz CT molecular complexity index is 872. The van der Waals surface area contributed by atoms with Gasteiger partial charge in [-0.2, -0.15) is 0 Å². The van der Waals surface area contributed by atoms with E-state index in [4.69, 9.17) is 9.47 Å². The van der Waals surface area contributed by atoms with Crippen LogP contribution in [0.3, 0.4) is 0 Å². The lowest BCUT2D eigenvalue weighted by atomic mass is 10.1. The van der Waals surface area contributed by atoms with Gasteiger partial charge in [0.15, 0.2) is 11.5 Å². The van der Waals surface area contributed by atoms with Crippen molar-refractivity contribution in [3.05, 3.63) is 77.9 Å². The molecule has 1 aromatic heterocycles. The van der Waals surface area contributed by atoms with Crippen molar-refractivity contribution in [1.82, 2.24) is 9.55 Å². The van der Waals surface area contributed by atoms with Gasteiger partial charge in [-0.25, -0.2) is 9.78 Å². The molecule has 0 amide bonds. The average Bonchev–Trinajstić information content (AvgIpc) is 3.12. The van der Waals surface area contributed by atoms with E-state index >= 15 is 0 Å². The number of carbonyl (C=O) groups excluding carboxylic acids is 1. The van der Waals surface area contributed by atoms with Crippen LogP contribution < -0.4 is 9.47 Å². The lowest BCUT2D eigenvalue weighted by Crippen LogP contribution is -2.17. The summed E-state index contributed by atoms with van der Waals surface area (Å²) in [6, 6.07) is 15.4. The summed E-state index contributed by atoms with van der Waals surface area (Å²) in [7, 11) is 1.55. The zero-order valence-electron chi connectivity index (χ0n) is 14.5. The number of aryl methyl sites for hydroxylation is 1. The third-order valence-electron chi connectivity index (χ3n) is 4.10. The molecule has 25 heavy (non-hydrogen) atoms. The molecule has 0 spiro atoms. The van der Waals surface area contributed by atoms with Gasteiger partial charge in [0.1, 0.15) is 5.69 Å². The molecule has 3 rings (SSSR count). The largest absolute Gasteiger partial charge is 0.493 e. The third-order valence-corrected chi connectivity index (χ3v) is 4.10. The predicted molar refractivity (Wildman–Crippen MR) is 95.2 cm³/mol. The molecule has 1 heterocycles. The highest BCUT2D eigenvalue weighted by Gasteiger charge is 2.20. The number of esters is 1. The summed E-state index contributed by atoms with van der Waals surface area (Å²) in [5, 5.41) is 0. The van der Waals surface area contributed by atoms with Crippen LogP contribution in [0.25, 0.3) is 0 Å². The molecule has 1 atom stereocenters. The summed E-state index contributed by atoms with van der Waals surface area (Å²) in [4.78, 5) is 16.8. The lowest BCUT2D eigenvalue weighted by molar-refractivity contribution is 0.0717. The van der Waals surface area contributed by atoms with Gasteiger partial charge in [0.2, 0.25) is 0 Å². The Kier molecular flexibility index (Phi) is 4.84. The van der Waals surface area contributed by atoms with Crippen molar-refractivity contribution in [2.24, 2.45) is 0 Å². The number of methoxy groups -OCH3 is 1. The van der Waals surface area contributed by atoms with Crippen LogP contribution in [0.15, 0.2) is 61.1 Å². The molecule has 0 saturated heterocycles. The van der Waals surface area contributed by atoms with Crippen LogP contribution in [0.1, 0.15) is 34.6 Å². The first-order chi connectivity index (χ1) is 12.1. The van der Waals surface area contributed by atoms with Gasteiger partial charge in [-0.1, -0.05) is 36.4 Å². The molecule has 0 aliphatic heterocycles. The molecule has 0 fully saturated rings.